The van der Waals surface area contributed by atoms with Gasteiger partial charge >= 0.3 is 0 Å². The van der Waals surface area contributed by atoms with Crippen molar-refractivity contribution in [2.24, 2.45) is 0 Å². The van der Waals surface area contributed by atoms with Crippen molar-refractivity contribution >= 4 is 34.6 Å². The smallest absolute Gasteiger partial charge is 0.266 e. The maximum Gasteiger partial charge on any atom is 0.266 e. The van der Waals surface area contributed by atoms with Crippen molar-refractivity contribution in [1.29, 1.82) is 0 Å². The van der Waals surface area contributed by atoms with Gasteiger partial charge in [-0.25, -0.2) is 4.90 Å². The zero-order valence-electron chi connectivity index (χ0n) is 16.4. The number of fused-ring (bicyclic) bond motifs is 3. The summed E-state index contributed by atoms with van der Waals surface area (Å²) in [5.74, 6) is 0.841. The molecule has 0 saturated carbocycles. The number of imide groups is 1. The number of nitrogens with zero attached hydrogens (tertiary/aromatic N) is 2. The Morgan fingerprint density at radius 2 is 1.10 bits per heavy atom. The van der Waals surface area contributed by atoms with Crippen LogP contribution in [0.25, 0.3) is 0 Å². The van der Waals surface area contributed by atoms with Crippen LogP contribution in [0.1, 0.15) is 20.7 Å². The van der Waals surface area contributed by atoms with Gasteiger partial charge in [-0.3, -0.25) is 9.59 Å². The van der Waals surface area contributed by atoms with Gasteiger partial charge in [-0.05, 0) is 54.6 Å². The van der Waals surface area contributed by atoms with Crippen LogP contribution in [0.5, 0.6) is 11.5 Å². The van der Waals surface area contributed by atoms with Gasteiger partial charge in [0.05, 0.1) is 28.2 Å². The molecule has 5 nitrogen and oxygen atoms in total. The van der Waals surface area contributed by atoms with Crippen LogP contribution in [0.2, 0.25) is 0 Å². The lowest BCUT2D eigenvalue weighted by Crippen LogP contribution is -2.29. The fourth-order valence-corrected chi connectivity index (χ4v) is 4.16. The molecule has 0 fully saturated rings. The number of hydrogen-bond donors (Lipinski definition) is 0. The third-order valence-electron chi connectivity index (χ3n) is 5.57. The van der Waals surface area contributed by atoms with E-state index in [1.54, 1.807) is 24.3 Å². The molecule has 2 aliphatic rings. The molecule has 0 radical (unpaired) electrons. The number of carbonyl (C=O) groups is 2. The molecule has 4 aromatic rings. The second kappa shape index (κ2) is 6.57. The molecule has 2 heterocycles. The Kier molecular flexibility index (Phi) is 3.70. The highest BCUT2D eigenvalue weighted by atomic mass is 16.5. The standard InChI is InChI=1S/C26H16N2O3/c29-25-19-15-14-18(16-20(19)26(30)28(25)17-8-2-1-3-9-17)27-21-10-4-6-12-23(21)31-24-13-7-5-11-22(24)27/h1-16H. The highest BCUT2D eigenvalue weighted by Gasteiger charge is 2.37. The van der Waals surface area contributed by atoms with E-state index in [4.69, 9.17) is 4.74 Å². The fourth-order valence-electron chi connectivity index (χ4n) is 4.16. The van der Waals surface area contributed by atoms with Crippen LogP contribution in [0.15, 0.2) is 97.1 Å². The molecule has 2 amide bonds. The Morgan fingerprint density at radius 3 is 1.77 bits per heavy atom. The summed E-state index contributed by atoms with van der Waals surface area (Å²) in [6.07, 6.45) is 0. The molecule has 0 aromatic heterocycles. The molecule has 0 atom stereocenters. The van der Waals surface area contributed by atoms with E-state index in [1.807, 2.05) is 72.8 Å². The van der Waals surface area contributed by atoms with Gasteiger partial charge in [0.25, 0.3) is 11.8 Å². The Morgan fingerprint density at radius 1 is 0.516 bits per heavy atom. The molecule has 4 aromatic carbocycles. The minimum Gasteiger partial charge on any atom is -0.453 e. The van der Waals surface area contributed by atoms with Crippen LogP contribution in [-0.2, 0) is 0 Å². The first kappa shape index (κ1) is 17.5. The summed E-state index contributed by atoms with van der Waals surface area (Å²) < 4.78 is 6.06. The van der Waals surface area contributed by atoms with Crippen molar-refractivity contribution in [1.82, 2.24) is 0 Å². The molecule has 0 N–H and O–H groups in total. The fraction of sp³-hybridized carbons (Fsp3) is 0. The lowest BCUT2D eigenvalue weighted by molar-refractivity contribution is 0.0926. The molecule has 5 heteroatoms. The van der Waals surface area contributed by atoms with Gasteiger partial charge in [-0.2, -0.15) is 0 Å². The van der Waals surface area contributed by atoms with E-state index in [0.29, 0.717) is 16.8 Å². The van der Waals surface area contributed by atoms with Crippen LogP contribution in [-0.4, -0.2) is 11.8 Å². The summed E-state index contributed by atoms with van der Waals surface area (Å²) in [4.78, 5) is 29.4. The highest BCUT2D eigenvalue weighted by molar-refractivity contribution is 6.34. The average molecular weight is 404 g/mol. The first-order valence-corrected chi connectivity index (χ1v) is 9.96. The van der Waals surface area contributed by atoms with E-state index in [2.05, 4.69) is 4.90 Å². The summed E-state index contributed by atoms with van der Waals surface area (Å²) in [7, 11) is 0. The topological polar surface area (TPSA) is 49.9 Å². The van der Waals surface area contributed by atoms with E-state index in [1.165, 1.54) is 4.90 Å². The first-order valence-electron chi connectivity index (χ1n) is 9.96. The van der Waals surface area contributed by atoms with Crippen molar-refractivity contribution in [3.8, 4) is 11.5 Å². The molecule has 148 valence electrons. The zero-order chi connectivity index (χ0) is 20.9. The van der Waals surface area contributed by atoms with E-state index >= 15 is 0 Å². The summed E-state index contributed by atoms with van der Waals surface area (Å²) in [6.45, 7) is 0. The lowest BCUT2D eigenvalue weighted by Gasteiger charge is -2.32. The van der Waals surface area contributed by atoms with Crippen LogP contribution in [0.3, 0.4) is 0 Å². The number of hydrogen-bond acceptors (Lipinski definition) is 4. The van der Waals surface area contributed by atoms with Gasteiger partial charge < -0.3 is 9.64 Å². The van der Waals surface area contributed by atoms with Gasteiger partial charge in [-0.15, -0.1) is 0 Å². The van der Waals surface area contributed by atoms with Gasteiger partial charge in [0, 0.05) is 5.69 Å². The second-order valence-corrected chi connectivity index (χ2v) is 7.38. The number of para-hydroxylation sites is 5. The predicted molar refractivity (Wildman–Crippen MR) is 119 cm³/mol. The van der Waals surface area contributed by atoms with Crippen LogP contribution in [0.4, 0.5) is 22.7 Å². The summed E-state index contributed by atoms with van der Waals surface area (Å²) in [6, 6.07) is 29.9. The molecule has 0 unspecified atom stereocenters. The third-order valence-corrected chi connectivity index (χ3v) is 5.57. The largest absolute Gasteiger partial charge is 0.453 e. The highest BCUT2D eigenvalue weighted by Crippen LogP contribution is 2.50. The quantitative estimate of drug-likeness (QED) is 0.336. The van der Waals surface area contributed by atoms with Crippen molar-refractivity contribution in [3.63, 3.8) is 0 Å². The van der Waals surface area contributed by atoms with E-state index in [0.717, 1.165) is 28.6 Å². The number of anilines is 4. The Balaban J connectivity index is 1.49. The maximum atomic E-state index is 13.2. The van der Waals surface area contributed by atoms with Crippen LogP contribution >= 0.6 is 0 Å². The van der Waals surface area contributed by atoms with Crippen LogP contribution < -0.4 is 14.5 Å². The number of benzene rings is 4. The number of carbonyl (C=O) groups excluding carboxylic acids is 2. The molecular formula is C26H16N2O3. The first-order chi connectivity index (χ1) is 15.2. The maximum absolute atomic E-state index is 13.2. The van der Waals surface area contributed by atoms with Crippen molar-refractivity contribution in [2.75, 3.05) is 9.80 Å². The van der Waals surface area contributed by atoms with E-state index < -0.39 is 0 Å². The molecule has 31 heavy (non-hydrogen) atoms. The number of ether oxygens (including phenoxy) is 1. The Bertz CT molecular complexity index is 1320. The minimum absolute atomic E-state index is 0.305. The molecule has 2 aliphatic heterocycles. The predicted octanol–water partition coefficient (Wildman–Crippen LogP) is 6.06. The summed E-state index contributed by atoms with van der Waals surface area (Å²) >= 11 is 0. The van der Waals surface area contributed by atoms with Gasteiger partial charge in [-0.1, -0.05) is 42.5 Å². The minimum atomic E-state index is -0.317. The van der Waals surface area contributed by atoms with E-state index in [9.17, 15) is 9.59 Å². The molecule has 0 bridgehead atoms. The van der Waals surface area contributed by atoms with Gasteiger partial charge in [0.2, 0.25) is 0 Å². The number of amides is 2. The molecule has 6 rings (SSSR count). The van der Waals surface area contributed by atoms with Crippen molar-refractivity contribution in [3.05, 3.63) is 108 Å². The summed E-state index contributed by atoms with van der Waals surface area (Å²) in [5, 5.41) is 0. The SMILES string of the molecule is O=C1c2ccc(N3c4ccccc4Oc4ccccc43)cc2C(=O)N1c1ccccc1. The molecule has 0 saturated heterocycles. The zero-order valence-corrected chi connectivity index (χ0v) is 16.4. The van der Waals surface area contributed by atoms with Crippen molar-refractivity contribution in [2.45, 2.75) is 0 Å². The van der Waals surface area contributed by atoms with Gasteiger partial charge in [0.1, 0.15) is 0 Å². The van der Waals surface area contributed by atoms with E-state index in [-0.39, 0.29) is 11.8 Å². The number of rotatable bonds is 2. The molecular weight excluding hydrogens is 388 g/mol. The Hall–Kier alpha value is -4.38. The van der Waals surface area contributed by atoms with Crippen molar-refractivity contribution < 1.29 is 14.3 Å². The normalized spacial score (nSPS) is 14.1. The monoisotopic (exact) mass is 404 g/mol. The summed E-state index contributed by atoms with van der Waals surface area (Å²) in [5.41, 5.74) is 3.91. The third kappa shape index (κ3) is 2.57. The molecule has 0 aliphatic carbocycles. The van der Waals surface area contributed by atoms with Gasteiger partial charge in [0.15, 0.2) is 11.5 Å². The Labute approximate surface area is 178 Å². The van der Waals surface area contributed by atoms with Crippen LogP contribution in [0, 0.1) is 0 Å². The molecule has 0 spiro atoms. The average Bonchev–Trinajstić information content (AvgIpc) is 3.07. The second-order valence-electron chi connectivity index (χ2n) is 7.38. The lowest BCUT2D eigenvalue weighted by atomic mass is 10.1.